The van der Waals surface area contributed by atoms with Gasteiger partial charge in [-0.1, -0.05) is 5.16 Å². The maximum absolute atomic E-state index is 12.7. The van der Waals surface area contributed by atoms with Gasteiger partial charge in [-0.25, -0.2) is 0 Å². The maximum atomic E-state index is 12.7. The average Bonchev–Trinajstić information content (AvgIpc) is 3.14. The molecule has 2 fully saturated rings. The van der Waals surface area contributed by atoms with Gasteiger partial charge in [0.25, 0.3) is 5.91 Å². The van der Waals surface area contributed by atoms with Gasteiger partial charge in [-0.3, -0.25) is 9.59 Å². The van der Waals surface area contributed by atoms with Crippen LogP contribution in [0.5, 0.6) is 0 Å². The quantitative estimate of drug-likeness (QED) is 0.671. The van der Waals surface area contributed by atoms with Crippen molar-refractivity contribution < 1.29 is 19.2 Å². The van der Waals surface area contributed by atoms with E-state index in [1.54, 1.807) is 9.80 Å². The lowest BCUT2D eigenvalue weighted by molar-refractivity contribution is -0.172. The van der Waals surface area contributed by atoms with E-state index < -0.39 is 17.7 Å². The zero-order valence-corrected chi connectivity index (χ0v) is 13.2. The van der Waals surface area contributed by atoms with E-state index in [1.807, 2.05) is 6.92 Å². The van der Waals surface area contributed by atoms with Crippen LogP contribution in [-0.2, 0) is 16.1 Å². The molecule has 0 aromatic carbocycles. The lowest BCUT2D eigenvalue weighted by Crippen LogP contribution is -2.74. The van der Waals surface area contributed by atoms with Gasteiger partial charge in [-0.05, 0) is 26.7 Å². The summed E-state index contributed by atoms with van der Waals surface area (Å²) < 4.78 is 4.92. The minimum Gasteiger partial charge on any atom is -0.391 e. The summed E-state index contributed by atoms with van der Waals surface area (Å²) in [7, 11) is 0. The molecular formula is C14H21N5O4. The maximum Gasteiger partial charge on any atom is 0.250 e. The van der Waals surface area contributed by atoms with Crippen LogP contribution in [0.1, 0.15) is 32.6 Å². The summed E-state index contributed by atoms with van der Waals surface area (Å²) >= 11 is 0. The Balaban J connectivity index is 1.76. The predicted molar refractivity (Wildman–Crippen MR) is 77.6 cm³/mol. The number of carbonyl (C=O) groups is 2. The third-order valence-electron chi connectivity index (χ3n) is 4.79. The van der Waals surface area contributed by atoms with Crippen molar-refractivity contribution in [1.29, 1.82) is 0 Å². The van der Waals surface area contributed by atoms with Crippen molar-refractivity contribution in [3.8, 4) is 0 Å². The molecule has 126 valence electrons. The zero-order chi connectivity index (χ0) is 16.8. The van der Waals surface area contributed by atoms with Crippen LogP contribution in [0.2, 0.25) is 0 Å². The number of hydrogen-bond donors (Lipinski definition) is 2. The molecule has 2 saturated heterocycles. The van der Waals surface area contributed by atoms with Gasteiger partial charge in [0.2, 0.25) is 11.8 Å². The first-order valence-corrected chi connectivity index (χ1v) is 7.68. The van der Waals surface area contributed by atoms with Crippen molar-refractivity contribution in [2.24, 2.45) is 5.73 Å². The highest BCUT2D eigenvalue weighted by molar-refractivity contribution is 5.98. The Morgan fingerprint density at radius 2 is 2.39 bits per heavy atom. The Morgan fingerprint density at radius 3 is 2.96 bits per heavy atom. The molecule has 1 aromatic heterocycles. The van der Waals surface area contributed by atoms with Crippen LogP contribution in [-0.4, -0.2) is 67.1 Å². The van der Waals surface area contributed by atoms with Crippen LogP contribution in [0, 0.1) is 0 Å². The van der Waals surface area contributed by atoms with Crippen molar-refractivity contribution >= 4 is 11.8 Å². The second-order valence-corrected chi connectivity index (χ2v) is 6.39. The molecular weight excluding hydrogens is 302 g/mol. The minimum absolute atomic E-state index is 0.0817. The molecule has 2 amide bonds. The smallest absolute Gasteiger partial charge is 0.250 e. The third kappa shape index (κ3) is 2.40. The van der Waals surface area contributed by atoms with Gasteiger partial charge in [0.1, 0.15) is 18.1 Å². The van der Waals surface area contributed by atoms with Crippen molar-refractivity contribution in [2.75, 3.05) is 6.54 Å². The molecule has 23 heavy (non-hydrogen) atoms. The number of likely N-dealkylation sites (tertiary alicyclic amines) is 2. The lowest BCUT2D eigenvalue weighted by atomic mass is 9.85. The van der Waals surface area contributed by atoms with E-state index in [-0.39, 0.29) is 24.4 Å². The summed E-state index contributed by atoms with van der Waals surface area (Å²) in [5.41, 5.74) is 4.95. The van der Waals surface area contributed by atoms with Gasteiger partial charge in [-0.15, -0.1) is 0 Å². The standard InChI is InChI=1S/C14H21N5O4/c1-8-3-4-14(19(8)12(21)11(15)9(2)20)6-18(13(14)22)5-10-16-7-17-23-10/h7-9,11,20H,3-6,15H2,1-2H3. The Kier molecular flexibility index (Phi) is 3.85. The molecule has 9 heteroatoms. The zero-order valence-electron chi connectivity index (χ0n) is 13.2. The number of hydrogen-bond acceptors (Lipinski definition) is 7. The highest BCUT2D eigenvalue weighted by Crippen LogP contribution is 2.42. The Hall–Kier alpha value is -2.00. The lowest BCUT2D eigenvalue weighted by Gasteiger charge is -2.52. The second kappa shape index (κ2) is 5.57. The van der Waals surface area contributed by atoms with E-state index >= 15 is 0 Å². The topological polar surface area (TPSA) is 126 Å². The average molecular weight is 323 g/mol. The summed E-state index contributed by atoms with van der Waals surface area (Å²) in [5.74, 6) is -0.153. The molecule has 3 N–H and O–H groups in total. The number of carbonyl (C=O) groups excluding carboxylic acids is 2. The molecule has 2 aliphatic rings. The van der Waals surface area contributed by atoms with E-state index in [1.165, 1.54) is 13.3 Å². The fourth-order valence-electron chi connectivity index (χ4n) is 3.49. The van der Waals surface area contributed by atoms with Gasteiger partial charge in [0.15, 0.2) is 6.33 Å². The Bertz CT molecular complexity index is 604. The number of nitrogens with two attached hydrogens (primary N) is 1. The highest BCUT2D eigenvalue weighted by atomic mass is 16.5. The molecule has 2 aliphatic heterocycles. The predicted octanol–water partition coefficient (Wildman–Crippen LogP) is -1.13. The molecule has 1 spiro atoms. The molecule has 0 radical (unpaired) electrons. The molecule has 4 atom stereocenters. The summed E-state index contributed by atoms with van der Waals surface area (Å²) in [5, 5.41) is 13.1. The number of nitrogens with zero attached hydrogens (tertiary/aromatic N) is 4. The first kappa shape index (κ1) is 15.9. The van der Waals surface area contributed by atoms with Crippen LogP contribution >= 0.6 is 0 Å². The molecule has 0 bridgehead atoms. The Morgan fingerprint density at radius 1 is 1.65 bits per heavy atom. The SMILES string of the molecule is CC(O)C(N)C(=O)N1C(C)CCC12CN(Cc1ncno1)C2=O. The van der Waals surface area contributed by atoms with E-state index in [9.17, 15) is 14.7 Å². The summed E-state index contributed by atoms with van der Waals surface area (Å²) in [6, 6.07) is -1.10. The van der Waals surface area contributed by atoms with Gasteiger partial charge >= 0.3 is 0 Å². The van der Waals surface area contributed by atoms with Gasteiger partial charge in [-0.2, -0.15) is 4.98 Å². The molecule has 1 aromatic rings. The Labute approximate surface area is 133 Å². The molecule has 3 rings (SSSR count). The molecule has 0 aliphatic carbocycles. The van der Waals surface area contributed by atoms with Gasteiger partial charge in [0.05, 0.1) is 12.6 Å². The van der Waals surface area contributed by atoms with Crippen molar-refractivity contribution in [2.45, 2.75) is 57.0 Å². The molecule has 0 saturated carbocycles. The third-order valence-corrected chi connectivity index (χ3v) is 4.79. The number of β-lactam (4-membered cyclic amide) rings is 1. The van der Waals surface area contributed by atoms with Crippen LogP contribution in [0.15, 0.2) is 10.9 Å². The first-order valence-electron chi connectivity index (χ1n) is 7.68. The molecule has 9 nitrogen and oxygen atoms in total. The molecule has 4 unspecified atom stereocenters. The van der Waals surface area contributed by atoms with Gasteiger partial charge in [0, 0.05) is 6.04 Å². The van der Waals surface area contributed by atoms with Crippen LogP contribution in [0.25, 0.3) is 0 Å². The number of aliphatic hydroxyl groups is 1. The van der Waals surface area contributed by atoms with Crippen LogP contribution in [0.4, 0.5) is 0 Å². The molecule has 3 heterocycles. The largest absolute Gasteiger partial charge is 0.391 e. The van der Waals surface area contributed by atoms with E-state index in [2.05, 4.69) is 10.1 Å². The van der Waals surface area contributed by atoms with Crippen molar-refractivity contribution in [1.82, 2.24) is 19.9 Å². The number of amides is 2. The van der Waals surface area contributed by atoms with Crippen LogP contribution in [0.3, 0.4) is 0 Å². The van der Waals surface area contributed by atoms with Gasteiger partial charge < -0.3 is 25.2 Å². The minimum atomic E-state index is -1.02. The summed E-state index contributed by atoms with van der Waals surface area (Å²) in [6.45, 7) is 4.02. The van der Waals surface area contributed by atoms with E-state index in [0.29, 0.717) is 18.9 Å². The first-order chi connectivity index (χ1) is 10.9. The fraction of sp³-hybridized carbons (Fsp3) is 0.714. The van der Waals surface area contributed by atoms with E-state index in [4.69, 9.17) is 10.3 Å². The van der Waals surface area contributed by atoms with Crippen molar-refractivity contribution in [3.05, 3.63) is 12.2 Å². The van der Waals surface area contributed by atoms with Crippen LogP contribution < -0.4 is 5.73 Å². The van der Waals surface area contributed by atoms with Crippen molar-refractivity contribution in [3.63, 3.8) is 0 Å². The monoisotopic (exact) mass is 323 g/mol. The fourth-order valence-corrected chi connectivity index (χ4v) is 3.49. The number of aliphatic hydroxyl groups excluding tert-OH is 1. The summed E-state index contributed by atoms with van der Waals surface area (Å²) in [6.07, 6.45) is 1.66. The number of rotatable bonds is 4. The number of aromatic nitrogens is 2. The highest BCUT2D eigenvalue weighted by Gasteiger charge is 2.62. The normalized spacial score (nSPS) is 29.7. The second-order valence-electron chi connectivity index (χ2n) is 6.39. The van der Waals surface area contributed by atoms with E-state index in [0.717, 1.165) is 6.42 Å². The summed E-state index contributed by atoms with van der Waals surface area (Å²) in [4.78, 5) is 32.4.